The standard InChI is InChI=1S/C14H16FNO3/c1-3-12(14(18)19)16(2)13(17)8-7-10-5-4-6-11(15)9-10/h4-9,12H,3H2,1-2H3,(H,18,19). The van der Waals surface area contributed by atoms with E-state index >= 15 is 0 Å². The van der Waals surface area contributed by atoms with Gasteiger partial charge in [-0.2, -0.15) is 0 Å². The number of likely N-dealkylation sites (N-methyl/N-ethyl adjacent to an activating group) is 1. The summed E-state index contributed by atoms with van der Waals surface area (Å²) in [6.07, 6.45) is 3.02. The first-order chi connectivity index (χ1) is 8.95. The van der Waals surface area contributed by atoms with Crippen molar-refractivity contribution in [2.45, 2.75) is 19.4 Å². The molecule has 0 spiro atoms. The summed E-state index contributed by atoms with van der Waals surface area (Å²) in [5, 5.41) is 8.95. The quantitative estimate of drug-likeness (QED) is 0.830. The van der Waals surface area contributed by atoms with Crippen LogP contribution in [0.4, 0.5) is 4.39 Å². The van der Waals surface area contributed by atoms with Crippen LogP contribution < -0.4 is 0 Å². The number of benzene rings is 1. The molecule has 19 heavy (non-hydrogen) atoms. The third kappa shape index (κ3) is 4.21. The highest BCUT2D eigenvalue weighted by molar-refractivity contribution is 5.94. The lowest BCUT2D eigenvalue weighted by Crippen LogP contribution is -2.41. The SMILES string of the molecule is CCC(C(=O)O)N(C)C(=O)C=Cc1cccc(F)c1. The molecule has 0 aliphatic carbocycles. The van der Waals surface area contributed by atoms with E-state index in [1.165, 1.54) is 37.4 Å². The molecule has 0 aliphatic heterocycles. The first kappa shape index (κ1) is 14.9. The van der Waals surface area contributed by atoms with Gasteiger partial charge in [0.05, 0.1) is 0 Å². The van der Waals surface area contributed by atoms with Gasteiger partial charge in [-0.05, 0) is 30.2 Å². The molecule has 0 saturated heterocycles. The molecule has 1 aromatic carbocycles. The first-order valence-corrected chi connectivity index (χ1v) is 5.89. The lowest BCUT2D eigenvalue weighted by Gasteiger charge is -2.22. The molecule has 1 rings (SSSR count). The average Bonchev–Trinajstić information content (AvgIpc) is 2.36. The van der Waals surface area contributed by atoms with Crippen LogP contribution in [0.1, 0.15) is 18.9 Å². The summed E-state index contributed by atoms with van der Waals surface area (Å²) in [6.45, 7) is 1.69. The second-order valence-corrected chi connectivity index (χ2v) is 4.10. The van der Waals surface area contributed by atoms with Gasteiger partial charge in [0.2, 0.25) is 5.91 Å². The van der Waals surface area contributed by atoms with Gasteiger partial charge in [-0.3, -0.25) is 4.79 Å². The van der Waals surface area contributed by atoms with Crippen LogP contribution in [0.5, 0.6) is 0 Å². The molecule has 0 heterocycles. The minimum absolute atomic E-state index is 0.325. The number of halogens is 1. The molecule has 5 heteroatoms. The topological polar surface area (TPSA) is 57.6 Å². The number of nitrogens with zero attached hydrogens (tertiary/aromatic N) is 1. The van der Waals surface area contributed by atoms with E-state index in [2.05, 4.69) is 0 Å². The molecular weight excluding hydrogens is 249 g/mol. The Morgan fingerprint density at radius 2 is 2.16 bits per heavy atom. The zero-order valence-corrected chi connectivity index (χ0v) is 10.8. The summed E-state index contributed by atoms with van der Waals surface area (Å²) in [4.78, 5) is 23.9. The number of rotatable bonds is 5. The highest BCUT2D eigenvalue weighted by atomic mass is 19.1. The summed E-state index contributed by atoms with van der Waals surface area (Å²) in [7, 11) is 1.43. The maximum absolute atomic E-state index is 12.9. The minimum Gasteiger partial charge on any atom is -0.480 e. The van der Waals surface area contributed by atoms with Crippen molar-refractivity contribution in [3.05, 3.63) is 41.7 Å². The molecule has 102 valence electrons. The van der Waals surface area contributed by atoms with Crippen molar-refractivity contribution in [2.75, 3.05) is 7.05 Å². The fourth-order valence-corrected chi connectivity index (χ4v) is 1.66. The maximum atomic E-state index is 12.9. The molecule has 0 bridgehead atoms. The van der Waals surface area contributed by atoms with Crippen LogP contribution in [0.25, 0.3) is 6.08 Å². The van der Waals surface area contributed by atoms with Gasteiger partial charge < -0.3 is 10.0 Å². The zero-order chi connectivity index (χ0) is 14.4. The van der Waals surface area contributed by atoms with E-state index in [-0.39, 0.29) is 5.82 Å². The minimum atomic E-state index is -1.04. The number of carboxylic acid groups (broad SMARTS) is 1. The van der Waals surface area contributed by atoms with Gasteiger partial charge in [0.1, 0.15) is 11.9 Å². The highest BCUT2D eigenvalue weighted by Crippen LogP contribution is 2.07. The Morgan fingerprint density at radius 1 is 1.47 bits per heavy atom. The van der Waals surface area contributed by atoms with Crippen LogP contribution in [0.15, 0.2) is 30.3 Å². The van der Waals surface area contributed by atoms with E-state index in [0.29, 0.717) is 12.0 Å². The fraction of sp³-hybridized carbons (Fsp3) is 0.286. The molecule has 4 nitrogen and oxygen atoms in total. The Labute approximate surface area is 111 Å². The van der Waals surface area contributed by atoms with Gasteiger partial charge in [-0.25, -0.2) is 9.18 Å². The summed E-state index contributed by atoms with van der Waals surface area (Å²) in [5.41, 5.74) is 0.546. The van der Waals surface area contributed by atoms with Gasteiger partial charge in [-0.1, -0.05) is 19.1 Å². The van der Waals surface area contributed by atoms with Crippen molar-refractivity contribution in [2.24, 2.45) is 0 Å². The van der Waals surface area contributed by atoms with Gasteiger partial charge >= 0.3 is 5.97 Å². The molecule has 0 aromatic heterocycles. The lowest BCUT2D eigenvalue weighted by atomic mass is 10.2. The lowest BCUT2D eigenvalue weighted by molar-refractivity contribution is -0.147. The van der Waals surface area contributed by atoms with E-state index in [1.807, 2.05) is 0 Å². The van der Waals surface area contributed by atoms with Crippen molar-refractivity contribution in [1.29, 1.82) is 0 Å². The molecule has 1 amide bonds. The van der Waals surface area contributed by atoms with Gasteiger partial charge in [-0.15, -0.1) is 0 Å². The van der Waals surface area contributed by atoms with Crippen LogP contribution in [0.2, 0.25) is 0 Å². The van der Waals surface area contributed by atoms with E-state index in [1.54, 1.807) is 13.0 Å². The number of carbonyl (C=O) groups is 2. The Hall–Kier alpha value is -2.17. The Morgan fingerprint density at radius 3 is 2.68 bits per heavy atom. The molecule has 0 saturated carbocycles. The van der Waals surface area contributed by atoms with Crippen molar-refractivity contribution in [1.82, 2.24) is 4.90 Å². The fourth-order valence-electron chi connectivity index (χ4n) is 1.66. The number of aliphatic carboxylic acids is 1. The molecular formula is C14H16FNO3. The van der Waals surface area contributed by atoms with Gasteiger partial charge in [0, 0.05) is 13.1 Å². The largest absolute Gasteiger partial charge is 0.480 e. The van der Waals surface area contributed by atoms with Crippen molar-refractivity contribution in [3.8, 4) is 0 Å². The normalized spacial score (nSPS) is 12.4. The molecule has 1 atom stereocenters. The van der Waals surface area contributed by atoms with Gasteiger partial charge in [0.25, 0.3) is 0 Å². The average molecular weight is 265 g/mol. The number of hydrogen-bond acceptors (Lipinski definition) is 2. The first-order valence-electron chi connectivity index (χ1n) is 5.89. The molecule has 0 aliphatic rings. The summed E-state index contributed by atoms with van der Waals surface area (Å²) in [6, 6.07) is 4.93. The van der Waals surface area contributed by atoms with E-state index in [0.717, 1.165) is 4.90 Å². The number of hydrogen-bond donors (Lipinski definition) is 1. The molecule has 1 N–H and O–H groups in total. The predicted molar refractivity (Wildman–Crippen MR) is 69.9 cm³/mol. The van der Waals surface area contributed by atoms with Crippen LogP contribution in [-0.2, 0) is 9.59 Å². The second kappa shape index (κ2) is 6.68. The molecule has 0 radical (unpaired) electrons. The zero-order valence-electron chi connectivity index (χ0n) is 10.8. The third-order valence-corrected chi connectivity index (χ3v) is 2.75. The number of carbonyl (C=O) groups excluding carboxylic acids is 1. The third-order valence-electron chi connectivity index (χ3n) is 2.75. The Kier molecular flexibility index (Phi) is 5.23. The van der Waals surface area contributed by atoms with Crippen LogP contribution in [-0.4, -0.2) is 35.0 Å². The predicted octanol–water partition coefficient (Wildman–Crippen LogP) is 2.16. The van der Waals surface area contributed by atoms with Crippen molar-refractivity contribution >= 4 is 18.0 Å². The molecule has 1 unspecified atom stereocenters. The summed E-state index contributed by atoms with van der Waals surface area (Å²) in [5.74, 6) is -1.86. The number of carboxylic acids is 1. The summed E-state index contributed by atoms with van der Waals surface area (Å²) < 4.78 is 12.9. The Bertz CT molecular complexity index is 499. The van der Waals surface area contributed by atoms with Gasteiger partial charge in [0.15, 0.2) is 0 Å². The van der Waals surface area contributed by atoms with E-state index in [9.17, 15) is 14.0 Å². The maximum Gasteiger partial charge on any atom is 0.326 e. The van der Waals surface area contributed by atoms with Crippen molar-refractivity contribution in [3.63, 3.8) is 0 Å². The van der Waals surface area contributed by atoms with E-state index in [4.69, 9.17) is 5.11 Å². The number of amides is 1. The smallest absolute Gasteiger partial charge is 0.326 e. The Balaban J connectivity index is 2.76. The summed E-state index contributed by atoms with van der Waals surface area (Å²) >= 11 is 0. The molecule has 0 fully saturated rings. The molecule has 1 aromatic rings. The van der Waals surface area contributed by atoms with Crippen LogP contribution in [0, 0.1) is 5.82 Å². The van der Waals surface area contributed by atoms with Crippen LogP contribution in [0.3, 0.4) is 0 Å². The van der Waals surface area contributed by atoms with Crippen molar-refractivity contribution < 1.29 is 19.1 Å². The van der Waals surface area contributed by atoms with Crippen LogP contribution >= 0.6 is 0 Å². The monoisotopic (exact) mass is 265 g/mol. The van der Waals surface area contributed by atoms with E-state index < -0.39 is 17.9 Å². The second-order valence-electron chi connectivity index (χ2n) is 4.10. The highest BCUT2D eigenvalue weighted by Gasteiger charge is 2.22.